The minimum atomic E-state index is 0. The van der Waals surface area contributed by atoms with Crippen molar-refractivity contribution < 1.29 is 0 Å². The number of rotatable bonds is 8. The van der Waals surface area contributed by atoms with Gasteiger partial charge in [0.1, 0.15) is 0 Å². The van der Waals surface area contributed by atoms with Crippen LogP contribution in [-0.2, 0) is 0 Å². The summed E-state index contributed by atoms with van der Waals surface area (Å²) >= 11 is 16.8. The molecule has 2 aromatic heterocycles. The maximum Gasteiger partial charge on any atom is 0.0907 e. The number of thioether (sulfide) groups is 2. The van der Waals surface area contributed by atoms with Crippen LogP contribution in [0.3, 0.4) is 0 Å². The predicted octanol–water partition coefficient (Wildman–Crippen LogP) is 10.9. The van der Waals surface area contributed by atoms with Crippen LogP contribution in [0.1, 0.15) is 19.3 Å². The second kappa shape index (κ2) is 12.3. The molecule has 2 heterocycles. The Balaban J connectivity index is 0.00000294. The van der Waals surface area contributed by atoms with E-state index in [9.17, 15) is 0 Å². The van der Waals surface area contributed by atoms with Gasteiger partial charge in [-0.3, -0.25) is 0 Å². The highest BCUT2D eigenvalue weighted by molar-refractivity contribution is 8.00. The van der Waals surface area contributed by atoms with Crippen molar-refractivity contribution in [2.45, 2.75) is 29.1 Å². The Morgan fingerprint density at radius 3 is 1.39 bits per heavy atom. The largest absolute Gasteiger partial charge is 0.246 e. The normalized spacial score (nSPS) is 11.4. The molecule has 0 N–H and O–H groups in total. The molecule has 0 radical (unpaired) electrons. The van der Waals surface area contributed by atoms with Crippen molar-refractivity contribution in [1.82, 2.24) is 9.97 Å². The Kier molecular flexibility index (Phi) is 8.87. The quantitative estimate of drug-likeness (QED) is 0.0993. The van der Waals surface area contributed by atoms with E-state index in [0.717, 1.165) is 57.2 Å². The third-order valence-corrected chi connectivity index (χ3v) is 9.56. The molecule has 4 aromatic carbocycles. The fourth-order valence-electron chi connectivity index (χ4n) is 4.72. The van der Waals surface area contributed by atoms with E-state index in [2.05, 4.69) is 48.5 Å². The maximum atomic E-state index is 6.49. The summed E-state index contributed by atoms with van der Waals surface area (Å²) in [4.78, 5) is 12.2. The van der Waals surface area contributed by atoms with Crippen LogP contribution in [0.15, 0.2) is 94.7 Å². The fraction of sp³-hybridized carbons (Fsp3) is 0.161. The average molecular weight is 596 g/mol. The molecular formula is C31H25Cl3N2S2. The predicted molar refractivity (Wildman–Crippen MR) is 171 cm³/mol. The number of para-hydroxylation sites is 4. The molecule has 0 saturated heterocycles. The summed E-state index contributed by atoms with van der Waals surface area (Å²) in [5, 5.41) is 6.10. The highest BCUT2D eigenvalue weighted by Gasteiger charge is 2.13. The van der Waals surface area contributed by atoms with Crippen LogP contribution in [0.2, 0.25) is 10.0 Å². The molecule has 0 amide bonds. The van der Waals surface area contributed by atoms with Crippen LogP contribution in [0.5, 0.6) is 0 Å². The topological polar surface area (TPSA) is 25.8 Å². The van der Waals surface area contributed by atoms with Crippen molar-refractivity contribution in [3.63, 3.8) is 0 Å². The Labute approximate surface area is 246 Å². The molecule has 38 heavy (non-hydrogen) atoms. The summed E-state index contributed by atoms with van der Waals surface area (Å²) in [5.74, 6) is 2.13. The highest BCUT2D eigenvalue weighted by atomic mass is 35.5. The Hall–Kier alpha value is -2.21. The van der Waals surface area contributed by atoms with Gasteiger partial charge in [-0.2, -0.15) is 0 Å². The molecular weight excluding hydrogens is 571 g/mol. The van der Waals surface area contributed by atoms with E-state index >= 15 is 0 Å². The van der Waals surface area contributed by atoms with Gasteiger partial charge in [0.05, 0.1) is 32.1 Å². The molecule has 0 saturated carbocycles. The SMILES string of the molecule is Cl.Clc1cccc2c(SCCCCCSc3c4ccccc4nc4c(Cl)cccc34)c3ccccc3nc12. The first kappa shape index (κ1) is 27.4. The zero-order chi connectivity index (χ0) is 25.2. The monoisotopic (exact) mass is 594 g/mol. The number of nitrogens with zero attached hydrogens (tertiary/aromatic N) is 2. The molecule has 7 heteroatoms. The number of halogens is 3. The van der Waals surface area contributed by atoms with E-state index in [1.807, 2.05) is 59.9 Å². The average Bonchev–Trinajstić information content (AvgIpc) is 2.92. The molecule has 0 aliphatic heterocycles. The van der Waals surface area contributed by atoms with Crippen molar-refractivity contribution in [1.29, 1.82) is 0 Å². The van der Waals surface area contributed by atoms with E-state index < -0.39 is 0 Å². The molecule has 192 valence electrons. The molecule has 0 fully saturated rings. The number of fused-ring (bicyclic) bond motifs is 4. The summed E-state index contributed by atoms with van der Waals surface area (Å²) in [7, 11) is 0. The van der Waals surface area contributed by atoms with Crippen LogP contribution < -0.4 is 0 Å². The number of hydrogen-bond donors (Lipinski definition) is 0. The van der Waals surface area contributed by atoms with Crippen LogP contribution in [-0.4, -0.2) is 21.5 Å². The Morgan fingerprint density at radius 1 is 0.500 bits per heavy atom. The van der Waals surface area contributed by atoms with E-state index in [1.165, 1.54) is 27.0 Å². The summed E-state index contributed by atoms with van der Waals surface area (Å²) in [6.45, 7) is 0. The van der Waals surface area contributed by atoms with Gasteiger partial charge in [0.25, 0.3) is 0 Å². The van der Waals surface area contributed by atoms with Gasteiger partial charge in [-0.05, 0) is 48.6 Å². The van der Waals surface area contributed by atoms with Gasteiger partial charge in [0.15, 0.2) is 0 Å². The van der Waals surface area contributed by atoms with Crippen molar-refractivity contribution in [3.05, 3.63) is 95.0 Å². The van der Waals surface area contributed by atoms with E-state index in [-0.39, 0.29) is 12.4 Å². The molecule has 6 rings (SSSR count). The van der Waals surface area contributed by atoms with Gasteiger partial charge < -0.3 is 0 Å². The molecule has 0 bridgehead atoms. The van der Waals surface area contributed by atoms with Crippen LogP contribution in [0, 0.1) is 0 Å². The zero-order valence-corrected chi connectivity index (χ0v) is 24.5. The van der Waals surface area contributed by atoms with Gasteiger partial charge in [-0.15, -0.1) is 35.9 Å². The number of benzene rings is 4. The lowest BCUT2D eigenvalue weighted by molar-refractivity contribution is 0.786. The summed E-state index contributed by atoms with van der Waals surface area (Å²) < 4.78 is 0. The minimum Gasteiger partial charge on any atom is -0.246 e. The third-order valence-electron chi connectivity index (χ3n) is 6.51. The van der Waals surface area contributed by atoms with Crippen molar-refractivity contribution in [2.24, 2.45) is 0 Å². The molecule has 0 spiro atoms. The first-order valence-electron chi connectivity index (χ1n) is 12.4. The van der Waals surface area contributed by atoms with E-state index in [0.29, 0.717) is 10.0 Å². The van der Waals surface area contributed by atoms with Gasteiger partial charge in [0.2, 0.25) is 0 Å². The highest BCUT2D eigenvalue weighted by Crippen LogP contribution is 2.38. The van der Waals surface area contributed by atoms with Crippen LogP contribution >= 0.6 is 59.1 Å². The van der Waals surface area contributed by atoms with Gasteiger partial charge in [-0.1, -0.05) is 90.3 Å². The summed E-state index contributed by atoms with van der Waals surface area (Å²) in [6.07, 6.45) is 3.50. The molecule has 0 aliphatic carbocycles. The molecule has 0 atom stereocenters. The summed E-state index contributed by atoms with van der Waals surface area (Å²) in [5.41, 5.74) is 3.77. The lowest BCUT2D eigenvalue weighted by atomic mass is 10.1. The minimum absolute atomic E-state index is 0. The van der Waals surface area contributed by atoms with Crippen LogP contribution in [0.25, 0.3) is 43.6 Å². The maximum absolute atomic E-state index is 6.49. The first-order chi connectivity index (χ1) is 18.2. The first-order valence-corrected chi connectivity index (χ1v) is 15.1. The van der Waals surface area contributed by atoms with Crippen LogP contribution in [0.4, 0.5) is 0 Å². The molecule has 2 nitrogen and oxygen atoms in total. The van der Waals surface area contributed by atoms with Gasteiger partial charge in [0, 0.05) is 31.3 Å². The molecule has 0 aliphatic rings. The Bertz CT molecular complexity index is 1630. The van der Waals surface area contributed by atoms with Crippen molar-refractivity contribution in [3.8, 4) is 0 Å². The molecule has 6 aromatic rings. The third kappa shape index (κ3) is 5.43. The van der Waals surface area contributed by atoms with Crippen molar-refractivity contribution >= 4 is 103 Å². The standard InChI is InChI=1S/C31H24Cl2N2S2.ClH/c32-24-14-8-12-22-28(24)34-26-16-4-2-10-20(26)30(22)36-18-6-1-7-19-37-31-21-11-3-5-17-27(21)35-29-23(31)13-9-15-25(29)33;/h2-5,8-17H,1,6-7,18-19H2;1H. The lowest BCUT2D eigenvalue weighted by Gasteiger charge is -2.12. The lowest BCUT2D eigenvalue weighted by Crippen LogP contribution is -1.91. The fourth-order valence-corrected chi connectivity index (χ4v) is 7.56. The van der Waals surface area contributed by atoms with Gasteiger partial charge in [-0.25, -0.2) is 9.97 Å². The number of unbranched alkanes of at least 4 members (excludes halogenated alkanes) is 2. The second-order valence-corrected chi connectivity index (χ2v) is 12.0. The van der Waals surface area contributed by atoms with Crippen molar-refractivity contribution in [2.75, 3.05) is 11.5 Å². The van der Waals surface area contributed by atoms with E-state index in [1.54, 1.807) is 0 Å². The summed E-state index contributed by atoms with van der Waals surface area (Å²) in [6, 6.07) is 28.8. The van der Waals surface area contributed by atoms with E-state index in [4.69, 9.17) is 33.2 Å². The number of aromatic nitrogens is 2. The number of hydrogen-bond acceptors (Lipinski definition) is 4. The number of pyridine rings is 2. The second-order valence-electron chi connectivity index (χ2n) is 8.95. The zero-order valence-electron chi connectivity index (χ0n) is 20.5. The smallest absolute Gasteiger partial charge is 0.0907 e. The molecule has 0 unspecified atom stereocenters. The van der Waals surface area contributed by atoms with Gasteiger partial charge >= 0.3 is 0 Å². The Morgan fingerprint density at radius 2 is 0.921 bits per heavy atom.